The lowest BCUT2D eigenvalue weighted by Gasteiger charge is -2.14. The van der Waals surface area contributed by atoms with Gasteiger partial charge in [-0.15, -0.1) is 0 Å². The molecule has 96 valence electrons. The van der Waals surface area contributed by atoms with E-state index in [9.17, 15) is 0 Å². The van der Waals surface area contributed by atoms with Crippen molar-refractivity contribution < 1.29 is 14.2 Å². The lowest BCUT2D eigenvalue weighted by Crippen LogP contribution is -2.24. The van der Waals surface area contributed by atoms with Crippen molar-refractivity contribution in [1.82, 2.24) is 9.97 Å². The van der Waals surface area contributed by atoms with Gasteiger partial charge >= 0.3 is 0 Å². The van der Waals surface area contributed by atoms with E-state index >= 15 is 0 Å². The summed E-state index contributed by atoms with van der Waals surface area (Å²) in [4.78, 5) is 8.27. The Hall–Kier alpha value is -1.40. The monoisotopic (exact) mass is 241 g/mol. The molecular formula is C11H19N3O3. The third kappa shape index (κ3) is 4.97. The van der Waals surface area contributed by atoms with Gasteiger partial charge in [0.15, 0.2) is 6.29 Å². The first-order valence-electron chi connectivity index (χ1n) is 5.45. The topological polar surface area (TPSA) is 65.5 Å². The molecule has 1 aromatic rings. The van der Waals surface area contributed by atoms with E-state index in [0.717, 1.165) is 0 Å². The summed E-state index contributed by atoms with van der Waals surface area (Å²) in [6.45, 7) is 4.36. The van der Waals surface area contributed by atoms with Crippen molar-refractivity contribution in [3.8, 4) is 5.88 Å². The molecule has 0 unspecified atom stereocenters. The van der Waals surface area contributed by atoms with Gasteiger partial charge in [-0.25, -0.2) is 4.98 Å². The molecule has 0 fully saturated rings. The molecule has 6 nitrogen and oxygen atoms in total. The van der Waals surface area contributed by atoms with E-state index in [0.29, 0.717) is 18.4 Å². The maximum absolute atomic E-state index is 5.46. The molecule has 0 aliphatic heterocycles. The molecule has 17 heavy (non-hydrogen) atoms. The van der Waals surface area contributed by atoms with E-state index in [1.54, 1.807) is 26.5 Å². The number of methoxy groups -OCH3 is 2. The van der Waals surface area contributed by atoms with Crippen LogP contribution in [0.5, 0.6) is 5.88 Å². The van der Waals surface area contributed by atoms with Crippen molar-refractivity contribution in [2.24, 2.45) is 0 Å². The number of ether oxygens (including phenoxy) is 3. The maximum atomic E-state index is 5.46. The van der Waals surface area contributed by atoms with Crippen molar-refractivity contribution >= 4 is 5.95 Å². The number of rotatable bonds is 7. The highest BCUT2D eigenvalue weighted by molar-refractivity contribution is 5.27. The quantitative estimate of drug-likeness (QED) is 0.726. The molecule has 1 heterocycles. The SMILES string of the molecule is COC(CNc1nccc(OC(C)C)n1)OC. The first-order valence-corrected chi connectivity index (χ1v) is 5.45. The summed E-state index contributed by atoms with van der Waals surface area (Å²) in [6.07, 6.45) is 1.40. The predicted molar refractivity (Wildman–Crippen MR) is 64.1 cm³/mol. The van der Waals surface area contributed by atoms with Crippen LogP contribution in [0.15, 0.2) is 12.3 Å². The minimum Gasteiger partial charge on any atom is -0.475 e. The zero-order valence-electron chi connectivity index (χ0n) is 10.6. The van der Waals surface area contributed by atoms with E-state index in [-0.39, 0.29) is 12.4 Å². The second kappa shape index (κ2) is 7.03. The van der Waals surface area contributed by atoms with Crippen molar-refractivity contribution in [2.45, 2.75) is 26.2 Å². The van der Waals surface area contributed by atoms with Gasteiger partial charge in [0.2, 0.25) is 11.8 Å². The Bertz CT molecular complexity index is 329. The van der Waals surface area contributed by atoms with Crippen molar-refractivity contribution in [3.63, 3.8) is 0 Å². The summed E-state index contributed by atoms with van der Waals surface area (Å²) in [5.74, 6) is 1.03. The van der Waals surface area contributed by atoms with Gasteiger partial charge in [-0.2, -0.15) is 4.98 Å². The summed E-state index contributed by atoms with van der Waals surface area (Å²) in [7, 11) is 3.16. The van der Waals surface area contributed by atoms with Crippen LogP contribution in [0.1, 0.15) is 13.8 Å². The minimum atomic E-state index is -0.326. The van der Waals surface area contributed by atoms with Crippen molar-refractivity contribution in [2.75, 3.05) is 26.1 Å². The van der Waals surface area contributed by atoms with Crippen molar-refractivity contribution in [1.29, 1.82) is 0 Å². The minimum absolute atomic E-state index is 0.0865. The van der Waals surface area contributed by atoms with E-state index in [4.69, 9.17) is 14.2 Å². The van der Waals surface area contributed by atoms with Crippen LogP contribution in [0.4, 0.5) is 5.95 Å². The Morgan fingerprint density at radius 2 is 2.00 bits per heavy atom. The third-order valence-electron chi connectivity index (χ3n) is 1.94. The average molecular weight is 241 g/mol. The molecule has 0 radical (unpaired) electrons. The Morgan fingerprint density at radius 1 is 1.29 bits per heavy atom. The second-order valence-corrected chi connectivity index (χ2v) is 3.67. The van der Waals surface area contributed by atoms with Gasteiger partial charge in [0.05, 0.1) is 12.6 Å². The summed E-state index contributed by atoms with van der Waals surface area (Å²) in [5.41, 5.74) is 0. The fraction of sp³-hybridized carbons (Fsp3) is 0.636. The van der Waals surface area contributed by atoms with Crippen LogP contribution in [0, 0.1) is 0 Å². The highest BCUT2D eigenvalue weighted by Crippen LogP contribution is 2.10. The van der Waals surface area contributed by atoms with Crippen LogP contribution in [0.25, 0.3) is 0 Å². The van der Waals surface area contributed by atoms with Crippen LogP contribution >= 0.6 is 0 Å². The summed E-state index contributed by atoms with van der Waals surface area (Å²) < 4.78 is 15.5. The molecule has 6 heteroatoms. The summed E-state index contributed by atoms with van der Waals surface area (Å²) in [6, 6.07) is 1.72. The molecule has 0 aliphatic carbocycles. The van der Waals surface area contributed by atoms with Gasteiger partial charge in [0.25, 0.3) is 0 Å². The molecule has 0 amide bonds. The first kappa shape index (κ1) is 13.7. The fourth-order valence-electron chi connectivity index (χ4n) is 1.17. The molecular weight excluding hydrogens is 222 g/mol. The Labute approximate surface area is 101 Å². The molecule has 1 rings (SSSR count). The number of aromatic nitrogens is 2. The zero-order chi connectivity index (χ0) is 12.7. The Balaban J connectivity index is 2.53. The number of hydrogen-bond donors (Lipinski definition) is 1. The van der Waals surface area contributed by atoms with E-state index in [1.807, 2.05) is 13.8 Å². The van der Waals surface area contributed by atoms with Crippen LogP contribution in [-0.2, 0) is 9.47 Å². The average Bonchev–Trinajstić information content (AvgIpc) is 2.30. The molecule has 0 bridgehead atoms. The lowest BCUT2D eigenvalue weighted by atomic mass is 10.5. The largest absolute Gasteiger partial charge is 0.475 e. The molecule has 0 saturated carbocycles. The van der Waals surface area contributed by atoms with Gasteiger partial charge in [-0.1, -0.05) is 0 Å². The normalized spacial score (nSPS) is 10.9. The number of nitrogens with zero attached hydrogens (tertiary/aromatic N) is 2. The van der Waals surface area contributed by atoms with Crippen LogP contribution in [0.2, 0.25) is 0 Å². The lowest BCUT2D eigenvalue weighted by molar-refractivity contribution is -0.0914. The van der Waals surface area contributed by atoms with E-state index in [2.05, 4.69) is 15.3 Å². The van der Waals surface area contributed by atoms with Gasteiger partial charge < -0.3 is 19.5 Å². The molecule has 0 atom stereocenters. The van der Waals surface area contributed by atoms with Gasteiger partial charge in [0.1, 0.15) is 0 Å². The molecule has 0 spiro atoms. The summed E-state index contributed by atoms with van der Waals surface area (Å²) in [5, 5.41) is 3.01. The third-order valence-corrected chi connectivity index (χ3v) is 1.94. The molecule has 1 aromatic heterocycles. The predicted octanol–water partition coefficient (Wildman–Crippen LogP) is 1.29. The number of anilines is 1. The number of hydrogen-bond acceptors (Lipinski definition) is 6. The van der Waals surface area contributed by atoms with Gasteiger partial charge in [-0.05, 0) is 13.8 Å². The fourth-order valence-corrected chi connectivity index (χ4v) is 1.17. The number of nitrogens with one attached hydrogen (secondary N) is 1. The highest BCUT2D eigenvalue weighted by atomic mass is 16.7. The molecule has 1 N–H and O–H groups in total. The van der Waals surface area contributed by atoms with Gasteiger partial charge in [0, 0.05) is 26.5 Å². The second-order valence-electron chi connectivity index (χ2n) is 3.67. The zero-order valence-corrected chi connectivity index (χ0v) is 10.6. The molecule has 0 aliphatic rings. The maximum Gasteiger partial charge on any atom is 0.226 e. The van der Waals surface area contributed by atoms with Crippen LogP contribution < -0.4 is 10.1 Å². The molecule has 0 aromatic carbocycles. The Morgan fingerprint density at radius 3 is 2.59 bits per heavy atom. The van der Waals surface area contributed by atoms with Gasteiger partial charge in [-0.3, -0.25) is 0 Å². The highest BCUT2D eigenvalue weighted by Gasteiger charge is 2.06. The summed E-state index contributed by atoms with van der Waals surface area (Å²) >= 11 is 0. The Kier molecular flexibility index (Phi) is 5.65. The van der Waals surface area contributed by atoms with E-state index < -0.39 is 0 Å². The van der Waals surface area contributed by atoms with Crippen molar-refractivity contribution in [3.05, 3.63) is 12.3 Å². The smallest absolute Gasteiger partial charge is 0.226 e. The van der Waals surface area contributed by atoms with E-state index in [1.165, 1.54) is 0 Å². The van der Waals surface area contributed by atoms with Crippen LogP contribution in [-0.4, -0.2) is 43.1 Å². The molecule has 0 saturated heterocycles. The standard InChI is InChI=1S/C11H19N3O3/c1-8(2)17-9-5-6-12-11(14-9)13-7-10(15-3)16-4/h5-6,8,10H,7H2,1-4H3,(H,12,13,14). The first-order chi connectivity index (χ1) is 8.15. The van der Waals surface area contributed by atoms with Crippen LogP contribution in [0.3, 0.4) is 0 Å².